The number of carbonyl (C=O) groups excluding carboxylic acids is 4. The summed E-state index contributed by atoms with van der Waals surface area (Å²) < 4.78 is 18.2. The molecule has 1 atom stereocenters. The molecule has 0 amide bonds. The third-order valence-electron chi connectivity index (χ3n) is 3.11. The second-order valence-corrected chi connectivity index (χ2v) is 4.15. The Labute approximate surface area is 122 Å². The fraction of sp³-hybridized carbons (Fsp3) is 0.692. The number of hydrogen-bond acceptors (Lipinski definition) is 8. The van der Waals surface area contributed by atoms with Crippen LogP contribution in [0.25, 0.3) is 0 Å². The van der Waals surface area contributed by atoms with Crippen LogP contribution in [-0.4, -0.2) is 52.3 Å². The normalized spacial score (nSPS) is 12.0. The van der Waals surface area contributed by atoms with Crippen LogP contribution in [0, 0.1) is 11.3 Å². The zero-order valence-corrected chi connectivity index (χ0v) is 12.8. The van der Waals surface area contributed by atoms with Crippen molar-refractivity contribution in [3.63, 3.8) is 0 Å². The lowest BCUT2D eigenvalue weighted by Crippen LogP contribution is -2.56. The Kier molecular flexibility index (Phi) is 7.40. The van der Waals surface area contributed by atoms with Crippen LogP contribution in [0.3, 0.4) is 0 Å². The number of esters is 4. The molecule has 0 radical (unpaired) electrons. The van der Waals surface area contributed by atoms with E-state index in [1.54, 1.807) is 6.92 Å². The van der Waals surface area contributed by atoms with E-state index in [-0.39, 0.29) is 6.42 Å². The maximum Gasteiger partial charge on any atom is 0.335 e. The van der Waals surface area contributed by atoms with Gasteiger partial charge in [-0.3, -0.25) is 19.2 Å². The highest BCUT2D eigenvalue weighted by Crippen LogP contribution is 2.37. The summed E-state index contributed by atoms with van der Waals surface area (Å²) in [6, 6.07) is 0. The van der Waals surface area contributed by atoms with Crippen LogP contribution < -0.4 is 0 Å². The topological polar surface area (TPSA) is 105 Å². The predicted molar refractivity (Wildman–Crippen MR) is 68.9 cm³/mol. The summed E-state index contributed by atoms with van der Waals surface area (Å²) in [5, 5.41) is 0. The van der Waals surface area contributed by atoms with Crippen molar-refractivity contribution >= 4 is 23.9 Å². The number of carbonyl (C=O) groups is 4. The van der Waals surface area contributed by atoms with Gasteiger partial charge in [-0.25, -0.2) is 0 Å². The van der Waals surface area contributed by atoms with Crippen molar-refractivity contribution in [2.45, 2.75) is 19.8 Å². The van der Waals surface area contributed by atoms with Crippen molar-refractivity contribution in [2.24, 2.45) is 11.3 Å². The Hall–Kier alpha value is -2.12. The minimum absolute atomic E-state index is 0.0337. The molecule has 0 aromatic carbocycles. The van der Waals surface area contributed by atoms with E-state index in [4.69, 9.17) is 0 Å². The van der Waals surface area contributed by atoms with Gasteiger partial charge in [0.15, 0.2) is 0 Å². The molecule has 0 saturated carbocycles. The molecule has 0 aliphatic carbocycles. The van der Waals surface area contributed by atoms with E-state index in [2.05, 4.69) is 18.9 Å². The van der Waals surface area contributed by atoms with Crippen LogP contribution in [0.5, 0.6) is 0 Å². The number of rotatable bonds is 7. The molecule has 1 unspecified atom stereocenters. The van der Waals surface area contributed by atoms with Gasteiger partial charge in [-0.05, 0) is 6.42 Å². The standard InChI is InChI=1S/C13H20O8/c1-6-7-8(9(14)18-2)13(10(15)19-3,11(16)20-4)12(17)21-5/h8H,6-7H2,1-5H3. The molecule has 0 aliphatic rings. The van der Waals surface area contributed by atoms with Crippen molar-refractivity contribution in [2.75, 3.05) is 28.4 Å². The lowest BCUT2D eigenvalue weighted by atomic mass is 9.72. The summed E-state index contributed by atoms with van der Waals surface area (Å²) in [6.45, 7) is 1.71. The molecule has 0 saturated heterocycles. The first-order valence-electron chi connectivity index (χ1n) is 6.21. The van der Waals surface area contributed by atoms with Crippen molar-refractivity contribution in [3.05, 3.63) is 0 Å². The van der Waals surface area contributed by atoms with E-state index in [1.807, 2.05) is 0 Å². The summed E-state index contributed by atoms with van der Waals surface area (Å²) in [6.07, 6.45) is 0.443. The van der Waals surface area contributed by atoms with E-state index in [0.29, 0.717) is 6.42 Å². The molecule has 0 spiro atoms. The number of methoxy groups -OCH3 is 4. The molecule has 0 bridgehead atoms. The van der Waals surface area contributed by atoms with Crippen molar-refractivity contribution in [1.29, 1.82) is 0 Å². The Balaban J connectivity index is 6.28. The smallest absolute Gasteiger partial charge is 0.335 e. The number of ether oxygens (including phenoxy) is 4. The van der Waals surface area contributed by atoms with Gasteiger partial charge in [0.2, 0.25) is 0 Å². The molecule has 0 fully saturated rings. The van der Waals surface area contributed by atoms with Gasteiger partial charge in [-0.15, -0.1) is 0 Å². The summed E-state index contributed by atoms with van der Waals surface area (Å²) >= 11 is 0. The van der Waals surface area contributed by atoms with E-state index in [0.717, 1.165) is 28.4 Å². The summed E-state index contributed by atoms with van der Waals surface area (Å²) in [4.78, 5) is 48.4. The summed E-state index contributed by atoms with van der Waals surface area (Å²) in [5.41, 5.74) is -2.54. The average Bonchev–Trinajstić information content (AvgIpc) is 2.52. The van der Waals surface area contributed by atoms with Crippen LogP contribution in [0.15, 0.2) is 0 Å². The Morgan fingerprint density at radius 2 is 1.19 bits per heavy atom. The van der Waals surface area contributed by atoms with Crippen LogP contribution in [0.1, 0.15) is 19.8 Å². The molecular weight excluding hydrogens is 284 g/mol. The molecule has 0 aliphatic heterocycles. The SMILES string of the molecule is CCCC(C(=O)OC)C(C(=O)OC)(C(=O)OC)C(=O)OC. The molecule has 0 rings (SSSR count). The van der Waals surface area contributed by atoms with E-state index < -0.39 is 35.2 Å². The van der Waals surface area contributed by atoms with Crippen molar-refractivity contribution in [3.8, 4) is 0 Å². The molecule has 120 valence electrons. The monoisotopic (exact) mass is 304 g/mol. The lowest BCUT2D eigenvalue weighted by molar-refractivity contribution is -0.191. The van der Waals surface area contributed by atoms with Gasteiger partial charge in [-0.2, -0.15) is 0 Å². The van der Waals surface area contributed by atoms with Crippen LogP contribution in [0.2, 0.25) is 0 Å². The minimum Gasteiger partial charge on any atom is -0.469 e. The third kappa shape index (κ3) is 3.32. The maximum absolute atomic E-state index is 12.1. The van der Waals surface area contributed by atoms with Gasteiger partial charge in [-0.1, -0.05) is 13.3 Å². The Morgan fingerprint density at radius 1 is 0.810 bits per heavy atom. The second-order valence-electron chi connectivity index (χ2n) is 4.15. The van der Waals surface area contributed by atoms with Crippen LogP contribution >= 0.6 is 0 Å². The molecule has 0 heterocycles. The molecule has 0 aromatic rings. The maximum atomic E-state index is 12.1. The summed E-state index contributed by atoms with van der Waals surface area (Å²) in [7, 11) is 4.05. The highest BCUT2D eigenvalue weighted by Gasteiger charge is 2.64. The molecule has 8 heteroatoms. The number of hydrogen-bond donors (Lipinski definition) is 0. The molecular formula is C13H20O8. The van der Waals surface area contributed by atoms with Crippen molar-refractivity contribution in [1.82, 2.24) is 0 Å². The molecule has 21 heavy (non-hydrogen) atoms. The minimum atomic E-state index is -2.54. The first-order valence-corrected chi connectivity index (χ1v) is 6.21. The van der Waals surface area contributed by atoms with Gasteiger partial charge in [0.25, 0.3) is 5.41 Å². The predicted octanol–water partition coefficient (Wildman–Crippen LogP) is 0.0811. The zero-order chi connectivity index (χ0) is 16.6. The van der Waals surface area contributed by atoms with E-state index in [9.17, 15) is 19.2 Å². The van der Waals surface area contributed by atoms with Crippen LogP contribution in [0.4, 0.5) is 0 Å². The average molecular weight is 304 g/mol. The first kappa shape index (κ1) is 18.9. The Morgan fingerprint density at radius 3 is 1.43 bits per heavy atom. The second kappa shape index (κ2) is 8.23. The van der Waals surface area contributed by atoms with E-state index in [1.165, 1.54) is 0 Å². The third-order valence-corrected chi connectivity index (χ3v) is 3.11. The zero-order valence-electron chi connectivity index (χ0n) is 12.8. The Bertz CT molecular complexity index is 374. The molecule has 8 nitrogen and oxygen atoms in total. The van der Waals surface area contributed by atoms with Gasteiger partial charge in [0, 0.05) is 0 Å². The van der Waals surface area contributed by atoms with Gasteiger partial charge < -0.3 is 18.9 Å². The van der Waals surface area contributed by atoms with E-state index >= 15 is 0 Å². The quantitative estimate of drug-likeness (QED) is 0.370. The fourth-order valence-electron chi connectivity index (χ4n) is 2.10. The van der Waals surface area contributed by atoms with Gasteiger partial charge in [0.05, 0.1) is 34.4 Å². The summed E-state index contributed by atoms with van der Waals surface area (Å²) in [5.74, 6) is -6.00. The van der Waals surface area contributed by atoms with Crippen LogP contribution in [-0.2, 0) is 38.1 Å². The van der Waals surface area contributed by atoms with Crippen molar-refractivity contribution < 1.29 is 38.1 Å². The fourth-order valence-corrected chi connectivity index (χ4v) is 2.10. The van der Waals surface area contributed by atoms with Gasteiger partial charge >= 0.3 is 23.9 Å². The highest BCUT2D eigenvalue weighted by atomic mass is 16.6. The van der Waals surface area contributed by atoms with Gasteiger partial charge in [0.1, 0.15) is 0 Å². The lowest BCUT2D eigenvalue weighted by Gasteiger charge is -2.31. The first-order chi connectivity index (χ1) is 9.87. The highest BCUT2D eigenvalue weighted by molar-refractivity contribution is 6.20. The molecule has 0 N–H and O–H groups in total. The molecule has 0 aromatic heterocycles. The largest absolute Gasteiger partial charge is 0.469 e.